The summed E-state index contributed by atoms with van der Waals surface area (Å²) in [4.78, 5) is 11.6. The highest BCUT2D eigenvalue weighted by atomic mass is 19.3. The van der Waals surface area contributed by atoms with Crippen molar-refractivity contribution >= 4 is 5.97 Å². The zero-order valence-electron chi connectivity index (χ0n) is 12.4. The van der Waals surface area contributed by atoms with E-state index in [0.29, 0.717) is 6.92 Å². The molecule has 2 nitrogen and oxygen atoms in total. The maximum atomic E-state index is 13.1. The van der Waals surface area contributed by atoms with E-state index in [1.165, 1.54) is 12.8 Å². The molecule has 0 spiro atoms. The molecular weight excluding hydrogens is 262 g/mol. The van der Waals surface area contributed by atoms with Crippen molar-refractivity contribution in [3.05, 3.63) is 0 Å². The zero-order valence-corrected chi connectivity index (χ0v) is 12.4. The first kappa shape index (κ1) is 15.7. The van der Waals surface area contributed by atoms with Crippen LogP contribution in [0.2, 0.25) is 0 Å². The van der Waals surface area contributed by atoms with Gasteiger partial charge in [-0.05, 0) is 37.5 Å². The van der Waals surface area contributed by atoms with Crippen LogP contribution in [-0.4, -0.2) is 18.0 Å². The van der Waals surface area contributed by atoms with Crippen LogP contribution in [0.15, 0.2) is 0 Å². The van der Waals surface area contributed by atoms with Crippen LogP contribution in [0.5, 0.6) is 0 Å². The largest absolute Gasteiger partial charge is 0.457 e. The van der Waals surface area contributed by atoms with Gasteiger partial charge in [-0.15, -0.1) is 0 Å². The molecule has 0 bridgehead atoms. The van der Waals surface area contributed by atoms with Gasteiger partial charge in [0.05, 0.1) is 0 Å². The Hall–Kier alpha value is -0.670. The monoisotopic (exact) mass is 288 g/mol. The van der Waals surface area contributed by atoms with E-state index >= 15 is 0 Å². The number of carbonyl (C=O) groups is 1. The Balaban J connectivity index is 2.04. The third-order valence-corrected chi connectivity index (χ3v) is 4.83. The third-order valence-electron chi connectivity index (χ3n) is 4.83. The fraction of sp³-hybridized carbons (Fsp3) is 0.938. The summed E-state index contributed by atoms with van der Waals surface area (Å²) in [5.41, 5.74) is 0. The second kappa shape index (κ2) is 6.86. The van der Waals surface area contributed by atoms with Gasteiger partial charge in [-0.2, -0.15) is 8.78 Å². The zero-order chi connectivity index (χ0) is 14.6. The summed E-state index contributed by atoms with van der Waals surface area (Å²) in [6, 6.07) is 0. The Labute approximate surface area is 120 Å². The molecule has 0 N–H and O–H groups in total. The van der Waals surface area contributed by atoms with Crippen LogP contribution in [0, 0.1) is 11.8 Å². The van der Waals surface area contributed by atoms with E-state index in [2.05, 4.69) is 0 Å². The smallest absolute Gasteiger partial charge is 0.376 e. The first-order valence-electron chi connectivity index (χ1n) is 8.07. The molecule has 0 aromatic heterocycles. The third kappa shape index (κ3) is 4.16. The molecule has 2 fully saturated rings. The molecule has 0 atom stereocenters. The van der Waals surface area contributed by atoms with Crippen molar-refractivity contribution in [3.63, 3.8) is 0 Å². The van der Waals surface area contributed by atoms with E-state index in [1.807, 2.05) is 0 Å². The van der Waals surface area contributed by atoms with Crippen LogP contribution in [-0.2, 0) is 9.53 Å². The average Bonchev–Trinajstić information content (AvgIpc) is 2.45. The molecular formula is C16H26F2O2. The first-order valence-corrected chi connectivity index (χ1v) is 8.07. The Kier molecular flexibility index (Phi) is 5.39. The molecule has 2 rings (SSSR count). The highest BCUT2D eigenvalue weighted by molar-refractivity contribution is 5.77. The lowest BCUT2D eigenvalue weighted by atomic mass is 9.75. The lowest BCUT2D eigenvalue weighted by Gasteiger charge is -2.37. The normalized spacial score (nSPS) is 23.0. The summed E-state index contributed by atoms with van der Waals surface area (Å²) in [7, 11) is 0. The van der Waals surface area contributed by atoms with Crippen LogP contribution in [0.1, 0.15) is 71.1 Å². The number of hydrogen-bond donors (Lipinski definition) is 0. The van der Waals surface area contributed by atoms with Crippen LogP contribution >= 0.6 is 0 Å². The number of esters is 1. The van der Waals surface area contributed by atoms with Crippen molar-refractivity contribution in [1.29, 1.82) is 0 Å². The number of hydrogen-bond acceptors (Lipinski definition) is 2. The fourth-order valence-electron chi connectivity index (χ4n) is 3.73. The number of rotatable bonds is 4. The van der Waals surface area contributed by atoms with E-state index in [4.69, 9.17) is 4.74 Å². The van der Waals surface area contributed by atoms with Crippen molar-refractivity contribution in [2.24, 2.45) is 11.8 Å². The molecule has 0 amide bonds. The maximum absolute atomic E-state index is 13.1. The Morgan fingerprint density at radius 3 is 1.70 bits per heavy atom. The Morgan fingerprint density at radius 2 is 1.35 bits per heavy atom. The van der Waals surface area contributed by atoms with Crippen LogP contribution in [0.3, 0.4) is 0 Å². The molecule has 2 saturated carbocycles. The van der Waals surface area contributed by atoms with E-state index in [9.17, 15) is 13.6 Å². The fourth-order valence-corrected chi connectivity index (χ4v) is 3.73. The van der Waals surface area contributed by atoms with Gasteiger partial charge >= 0.3 is 11.9 Å². The van der Waals surface area contributed by atoms with E-state index in [-0.39, 0.29) is 17.9 Å². The van der Waals surface area contributed by atoms with Crippen molar-refractivity contribution in [3.8, 4) is 0 Å². The van der Waals surface area contributed by atoms with Crippen molar-refractivity contribution in [2.45, 2.75) is 83.2 Å². The van der Waals surface area contributed by atoms with Gasteiger partial charge in [-0.1, -0.05) is 38.5 Å². The average molecular weight is 288 g/mol. The minimum atomic E-state index is -3.37. The summed E-state index contributed by atoms with van der Waals surface area (Å²) in [6.45, 7) is 0.633. The predicted octanol–water partition coefficient (Wildman–Crippen LogP) is 4.71. The second-order valence-corrected chi connectivity index (χ2v) is 6.55. The first-order chi connectivity index (χ1) is 9.48. The van der Waals surface area contributed by atoms with Crippen molar-refractivity contribution < 1.29 is 18.3 Å². The summed E-state index contributed by atoms with van der Waals surface area (Å²) < 4.78 is 31.6. The SMILES string of the molecule is CC(F)(F)C(=O)OC(C1CCCCC1)C1CCCCC1. The molecule has 0 saturated heterocycles. The van der Waals surface area contributed by atoms with Crippen LogP contribution in [0.25, 0.3) is 0 Å². The Bertz CT molecular complexity index is 295. The standard InChI is InChI=1S/C16H26F2O2/c1-16(17,18)15(19)20-14(12-8-4-2-5-9-12)13-10-6-3-7-11-13/h12-14H,2-11H2,1H3. The van der Waals surface area contributed by atoms with Gasteiger partial charge in [0.2, 0.25) is 0 Å². The molecule has 0 aliphatic heterocycles. The summed E-state index contributed by atoms with van der Waals surface area (Å²) in [5, 5.41) is 0. The molecule has 2 aliphatic rings. The van der Waals surface area contributed by atoms with Gasteiger partial charge in [-0.3, -0.25) is 0 Å². The summed E-state index contributed by atoms with van der Waals surface area (Å²) in [6.07, 6.45) is 10.7. The van der Waals surface area contributed by atoms with Gasteiger partial charge in [-0.25, -0.2) is 4.79 Å². The summed E-state index contributed by atoms with van der Waals surface area (Å²) >= 11 is 0. The quantitative estimate of drug-likeness (QED) is 0.700. The highest BCUT2D eigenvalue weighted by Crippen LogP contribution is 2.38. The number of ether oxygens (including phenoxy) is 1. The van der Waals surface area contributed by atoms with Gasteiger partial charge in [0, 0.05) is 6.92 Å². The van der Waals surface area contributed by atoms with Crippen LogP contribution < -0.4 is 0 Å². The second-order valence-electron chi connectivity index (χ2n) is 6.55. The molecule has 20 heavy (non-hydrogen) atoms. The number of alkyl halides is 2. The van der Waals surface area contributed by atoms with Gasteiger partial charge in [0.1, 0.15) is 6.10 Å². The molecule has 0 aromatic rings. The van der Waals surface area contributed by atoms with Crippen molar-refractivity contribution in [2.75, 3.05) is 0 Å². The van der Waals surface area contributed by atoms with Crippen molar-refractivity contribution in [1.82, 2.24) is 0 Å². The lowest BCUT2D eigenvalue weighted by Crippen LogP contribution is -2.40. The molecule has 0 unspecified atom stereocenters. The summed E-state index contributed by atoms with van der Waals surface area (Å²) in [5.74, 6) is -4.13. The minimum absolute atomic E-state index is 0.283. The van der Waals surface area contributed by atoms with Crippen LogP contribution in [0.4, 0.5) is 8.78 Å². The molecule has 0 radical (unpaired) electrons. The number of halogens is 2. The Morgan fingerprint density at radius 1 is 0.950 bits per heavy atom. The minimum Gasteiger partial charge on any atom is -0.457 e. The van der Waals surface area contributed by atoms with Gasteiger partial charge in [0.25, 0.3) is 0 Å². The number of carbonyl (C=O) groups excluding carboxylic acids is 1. The van der Waals surface area contributed by atoms with Gasteiger partial charge in [0.15, 0.2) is 0 Å². The maximum Gasteiger partial charge on any atom is 0.376 e. The van der Waals surface area contributed by atoms with E-state index in [1.54, 1.807) is 0 Å². The molecule has 116 valence electrons. The molecule has 0 heterocycles. The molecule has 2 aliphatic carbocycles. The lowest BCUT2D eigenvalue weighted by molar-refractivity contribution is -0.182. The highest BCUT2D eigenvalue weighted by Gasteiger charge is 2.40. The topological polar surface area (TPSA) is 26.3 Å². The molecule has 0 aromatic carbocycles. The predicted molar refractivity (Wildman–Crippen MR) is 73.7 cm³/mol. The van der Waals surface area contributed by atoms with E-state index < -0.39 is 11.9 Å². The van der Waals surface area contributed by atoms with Gasteiger partial charge < -0.3 is 4.74 Å². The molecule has 4 heteroatoms. The van der Waals surface area contributed by atoms with E-state index in [0.717, 1.165) is 51.4 Å².